The SMILES string of the molecule is CNC1C=C[I-]C1. The second kappa shape index (κ2) is 2.67. The molecule has 0 aromatic carbocycles. The van der Waals surface area contributed by atoms with Crippen molar-refractivity contribution in [1.82, 2.24) is 5.32 Å². The molecule has 1 aliphatic rings. The van der Waals surface area contributed by atoms with Crippen LogP contribution in [0.4, 0.5) is 0 Å². The van der Waals surface area contributed by atoms with Crippen LogP contribution in [0.2, 0.25) is 0 Å². The number of nitrogens with one attached hydrogen (secondary N) is 1. The third kappa shape index (κ3) is 1.42. The Kier molecular flexibility index (Phi) is 2.12. The van der Waals surface area contributed by atoms with Gasteiger partial charge in [-0.3, -0.25) is 0 Å². The first-order valence-corrected chi connectivity index (χ1v) is 5.12. The van der Waals surface area contributed by atoms with Gasteiger partial charge in [0.1, 0.15) is 0 Å². The van der Waals surface area contributed by atoms with Crippen LogP contribution in [0.25, 0.3) is 0 Å². The van der Waals surface area contributed by atoms with Gasteiger partial charge in [0.25, 0.3) is 0 Å². The van der Waals surface area contributed by atoms with Crippen molar-refractivity contribution in [3.63, 3.8) is 0 Å². The summed E-state index contributed by atoms with van der Waals surface area (Å²) in [6.45, 7) is 0. The van der Waals surface area contributed by atoms with Gasteiger partial charge in [0.2, 0.25) is 0 Å². The Hall–Kier alpha value is 0.430. The third-order valence-corrected chi connectivity index (χ3v) is 3.40. The van der Waals surface area contributed by atoms with E-state index in [1.165, 1.54) is 4.43 Å². The molecule has 0 spiro atoms. The summed E-state index contributed by atoms with van der Waals surface area (Å²) in [5.41, 5.74) is 0. The van der Waals surface area contributed by atoms with Gasteiger partial charge in [-0.2, -0.15) is 0 Å². The second-order valence-electron chi connectivity index (χ2n) is 1.52. The van der Waals surface area contributed by atoms with Gasteiger partial charge < -0.3 is 0 Å². The average molecular weight is 210 g/mol. The van der Waals surface area contributed by atoms with Crippen LogP contribution < -0.4 is 26.5 Å². The molecule has 1 unspecified atom stereocenters. The zero-order valence-electron chi connectivity index (χ0n) is 4.32. The fourth-order valence-electron chi connectivity index (χ4n) is 0.511. The van der Waals surface area contributed by atoms with E-state index in [0.29, 0.717) is 27.2 Å². The number of hydrogen-bond donors (Lipinski definition) is 1. The molecule has 1 heterocycles. The summed E-state index contributed by atoms with van der Waals surface area (Å²) >= 11 is 0.453. The molecule has 42 valence electrons. The van der Waals surface area contributed by atoms with E-state index in [1.807, 2.05) is 7.05 Å². The van der Waals surface area contributed by atoms with Crippen LogP contribution in [0.15, 0.2) is 10.2 Å². The topological polar surface area (TPSA) is 12.0 Å². The third-order valence-electron chi connectivity index (χ3n) is 1.02. The number of hydrogen-bond acceptors (Lipinski definition) is 1. The molecule has 0 saturated heterocycles. The first-order valence-electron chi connectivity index (χ1n) is 2.35. The van der Waals surface area contributed by atoms with Gasteiger partial charge in [0.05, 0.1) is 0 Å². The van der Waals surface area contributed by atoms with Gasteiger partial charge in [0.15, 0.2) is 0 Å². The summed E-state index contributed by atoms with van der Waals surface area (Å²) in [7, 11) is 2.02. The van der Waals surface area contributed by atoms with Crippen molar-refractivity contribution in [2.75, 3.05) is 11.5 Å². The van der Waals surface area contributed by atoms with Crippen LogP contribution in [-0.2, 0) is 0 Å². The van der Waals surface area contributed by atoms with Crippen molar-refractivity contribution >= 4 is 0 Å². The predicted octanol–water partition coefficient (Wildman–Crippen LogP) is -2.81. The Morgan fingerprint density at radius 3 is 3.00 bits per heavy atom. The molecule has 0 aromatic heterocycles. The summed E-state index contributed by atoms with van der Waals surface area (Å²) in [5.74, 6) is 0. The van der Waals surface area contributed by atoms with Crippen molar-refractivity contribution in [1.29, 1.82) is 0 Å². The van der Waals surface area contributed by atoms with Crippen molar-refractivity contribution in [3.8, 4) is 0 Å². The van der Waals surface area contributed by atoms with Crippen molar-refractivity contribution < 1.29 is 21.2 Å². The van der Waals surface area contributed by atoms with Crippen LogP contribution in [0, 0.1) is 0 Å². The van der Waals surface area contributed by atoms with Crippen LogP contribution in [0.5, 0.6) is 0 Å². The number of rotatable bonds is 1. The molecule has 1 atom stereocenters. The zero-order valence-corrected chi connectivity index (χ0v) is 6.47. The Morgan fingerprint density at radius 1 is 1.86 bits per heavy atom. The van der Waals surface area contributed by atoms with Gasteiger partial charge in [-0.1, -0.05) is 0 Å². The van der Waals surface area contributed by atoms with Crippen LogP contribution in [-0.4, -0.2) is 17.5 Å². The normalized spacial score (nSPS) is 30.1. The second-order valence-corrected chi connectivity index (χ2v) is 4.00. The Labute approximate surface area is 54.4 Å². The van der Waals surface area contributed by atoms with E-state index >= 15 is 0 Å². The van der Waals surface area contributed by atoms with E-state index < -0.39 is 0 Å². The number of likely N-dealkylation sites (N-methyl/N-ethyl adjacent to an activating group) is 1. The van der Waals surface area contributed by atoms with Crippen LogP contribution in [0.1, 0.15) is 0 Å². The number of alkyl halides is 1. The van der Waals surface area contributed by atoms with Crippen LogP contribution in [0.3, 0.4) is 0 Å². The summed E-state index contributed by atoms with van der Waals surface area (Å²) in [5, 5.41) is 3.20. The van der Waals surface area contributed by atoms with Gasteiger partial charge in [-0.15, -0.1) is 0 Å². The van der Waals surface area contributed by atoms with Gasteiger partial charge in [0, 0.05) is 0 Å². The maximum atomic E-state index is 3.20. The van der Waals surface area contributed by atoms with Crippen LogP contribution >= 0.6 is 0 Å². The summed E-state index contributed by atoms with van der Waals surface area (Å²) < 4.78 is 3.73. The summed E-state index contributed by atoms with van der Waals surface area (Å²) in [4.78, 5) is 0. The molecule has 0 bridgehead atoms. The van der Waals surface area contributed by atoms with E-state index in [2.05, 4.69) is 15.5 Å². The Bertz CT molecular complexity index is 80.1. The van der Waals surface area contributed by atoms with E-state index in [4.69, 9.17) is 0 Å². The minimum atomic E-state index is 0.453. The molecule has 1 rings (SSSR count). The molecule has 0 radical (unpaired) electrons. The summed E-state index contributed by atoms with van der Waals surface area (Å²) in [6.07, 6.45) is 2.27. The van der Waals surface area contributed by atoms with E-state index in [1.54, 1.807) is 0 Å². The first-order chi connectivity index (χ1) is 3.43. The molecule has 0 aliphatic carbocycles. The monoisotopic (exact) mass is 210 g/mol. The molecule has 1 aliphatic heterocycles. The molecule has 2 heteroatoms. The van der Waals surface area contributed by atoms with Gasteiger partial charge >= 0.3 is 54.2 Å². The van der Waals surface area contributed by atoms with E-state index in [-0.39, 0.29) is 0 Å². The Balaban J connectivity index is 2.28. The quantitative estimate of drug-likeness (QED) is 0.364. The molecular formula is C5H9IN-. The Morgan fingerprint density at radius 2 is 2.71 bits per heavy atom. The fraction of sp³-hybridized carbons (Fsp3) is 0.600. The maximum absolute atomic E-state index is 3.20. The molecule has 1 nitrogen and oxygen atoms in total. The minimum absolute atomic E-state index is 0.453. The molecule has 0 amide bonds. The standard InChI is InChI=1S/C5H9IN/c1-7-5-2-3-6-4-5/h2-3,5,7H,4H2,1H3/q-1. The summed E-state index contributed by atoms with van der Waals surface area (Å²) in [6, 6.07) is 0.716. The van der Waals surface area contributed by atoms with Crippen molar-refractivity contribution in [3.05, 3.63) is 10.2 Å². The van der Waals surface area contributed by atoms with Gasteiger partial charge in [-0.25, -0.2) is 0 Å². The van der Waals surface area contributed by atoms with Gasteiger partial charge in [-0.05, 0) is 0 Å². The molecule has 0 saturated carbocycles. The molecule has 1 N–H and O–H groups in total. The number of halogens is 1. The van der Waals surface area contributed by atoms with Crippen molar-refractivity contribution in [2.24, 2.45) is 0 Å². The van der Waals surface area contributed by atoms with E-state index in [9.17, 15) is 0 Å². The zero-order chi connectivity index (χ0) is 5.11. The van der Waals surface area contributed by atoms with Crippen molar-refractivity contribution in [2.45, 2.75) is 6.04 Å². The predicted molar refractivity (Wildman–Crippen MR) is 26.9 cm³/mol. The molecular weight excluding hydrogens is 201 g/mol. The molecule has 0 aromatic rings. The van der Waals surface area contributed by atoms with E-state index in [0.717, 1.165) is 0 Å². The molecule has 0 fully saturated rings. The fourth-order valence-corrected chi connectivity index (χ4v) is 2.88. The first kappa shape index (κ1) is 5.56. The molecule has 7 heavy (non-hydrogen) atoms. The average Bonchev–Trinajstić information content (AvgIpc) is 2.14.